The Bertz CT molecular complexity index is 6160. The predicted molar refractivity (Wildman–Crippen MR) is 507 cm³/mol. The van der Waals surface area contributed by atoms with Crippen molar-refractivity contribution in [1.29, 1.82) is 0 Å². The third-order valence-corrected chi connectivity index (χ3v) is 28.3. The smallest absolute Gasteiger partial charge is 0.321 e. The molecule has 5 aliphatic heterocycles. The lowest BCUT2D eigenvalue weighted by atomic mass is 9.95. The Morgan fingerprint density at radius 2 is 0.680 bits per heavy atom. The minimum atomic E-state index is -3.48. The van der Waals surface area contributed by atoms with Crippen LogP contribution in [0.5, 0.6) is 0 Å². The molecule has 17 rings (SSSR count). The number of alkyl halides is 2. The van der Waals surface area contributed by atoms with Crippen LogP contribution in [-0.4, -0.2) is 174 Å². The summed E-state index contributed by atoms with van der Waals surface area (Å²) in [7, 11) is 0. The zero-order chi connectivity index (χ0) is 92.0. The summed E-state index contributed by atoms with van der Waals surface area (Å²) >= 11 is 31.2. The van der Waals surface area contributed by atoms with Crippen molar-refractivity contribution in [1.82, 2.24) is 85.2 Å². The Balaban J connectivity index is 0.000000138. The highest BCUT2D eigenvalue weighted by Gasteiger charge is 2.40. The summed E-state index contributed by atoms with van der Waals surface area (Å²) in [4.78, 5) is 77.6. The molecule has 4 N–H and O–H groups in total. The number of hydrogen-bond donors (Lipinski definition) is 4. The van der Waals surface area contributed by atoms with Gasteiger partial charge in [0.1, 0.15) is 67.5 Å². The lowest BCUT2D eigenvalue weighted by Crippen LogP contribution is -2.41. The quantitative estimate of drug-likeness (QED) is 0.0699. The van der Waals surface area contributed by atoms with Gasteiger partial charge in [-0.15, -0.1) is 86.1 Å². The normalized spacial score (nSPS) is 16.3. The fourth-order valence-electron chi connectivity index (χ4n) is 15.4. The number of benzene rings is 4. The summed E-state index contributed by atoms with van der Waals surface area (Å²) in [5.41, 5.74) is 15.0. The Labute approximate surface area is 778 Å². The molecule has 13 heterocycles. The first-order valence-electron chi connectivity index (χ1n) is 41.9. The van der Waals surface area contributed by atoms with E-state index >= 15 is 0 Å². The number of nitrogens with one attached hydrogen (secondary N) is 4. The number of ether oxygens (including phenoxy) is 1. The van der Waals surface area contributed by atoms with Crippen LogP contribution in [0.25, 0.3) is 20.0 Å². The number of morpholine rings is 1. The Morgan fingerprint density at radius 1 is 0.398 bits per heavy atom. The first-order valence-corrected chi connectivity index (χ1v) is 46.7. The van der Waals surface area contributed by atoms with Gasteiger partial charge in [-0.2, -0.15) is 8.78 Å². The Morgan fingerprint density at radius 3 is 0.969 bits per heavy atom. The minimum absolute atomic E-state index is 0.0235. The van der Waals surface area contributed by atoms with Gasteiger partial charge in [-0.1, -0.05) is 116 Å². The number of aromatic nitrogens is 12. The first kappa shape index (κ1) is 93.9. The molecule has 5 aliphatic rings. The first-order chi connectivity index (χ1) is 60.6. The molecule has 0 radical (unpaired) electrons. The molecular weight excluding hydrogens is 1790 g/mol. The predicted octanol–water partition coefficient (Wildman–Crippen LogP) is 18.3. The van der Waals surface area contributed by atoms with Crippen LogP contribution < -0.4 is 21.3 Å². The van der Waals surface area contributed by atoms with E-state index in [-0.39, 0.29) is 48.7 Å². The van der Waals surface area contributed by atoms with Crippen LogP contribution in [0.15, 0.2) is 117 Å². The van der Waals surface area contributed by atoms with Crippen LogP contribution in [-0.2, 0) is 23.9 Å². The van der Waals surface area contributed by atoms with Crippen LogP contribution in [0, 0.1) is 88.5 Å². The monoisotopic (exact) mass is 1890 g/mol. The number of carbonyl (C=O) groups is 4. The van der Waals surface area contributed by atoms with Gasteiger partial charge < -0.3 is 26.0 Å². The van der Waals surface area contributed by atoms with E-state index in [1.54, 1.807) is 57.5 Å². The van der Waals surface area contributed by atoms with Crippen LogP contribution in [0.1, 0.15) is 218 Å². The summed E-state index contributed by atoms with van der Waals surface area (Å²) in [5.74, 6) is 0.651. The molecule has 670 valence electrons. The molecule has 0 bridgehead atoms. The fourth-order valence-corrected chi connectivity index (χ4v) is 20.8. The molecule has 4 atom stereocenters. The highest BCUT2D eigenvalue weighted by molar-refractivity contribution is 7.16. The molecule has 8 aromatic heterocycles. The van der Waals surface area contributed by atoms with Gasteiger partial charge in [0.25, 0.3) is 5.91 Å². The van der Waals surface area contributed by atoms with E-state index in [4.69, 9.17) is 71.1 Å². The van der Waals surface area contributed by atoms with Gasteiger partial charge in [-0.25, -0.2) is 0 Å². The van der Waals surface area contributed by atoms with Gasteiger partial charge >= 0.3 is 5.92 Å². The van der Waals surface area contributed by atoms with Crippen LogP contribution in [0.2, 0.25) is 20.1 Å². The van der Waals surface area contributed by atoms with E-state index in [2.05, 4.69) is 122 Å². The van der Waals surface area contributed by atoms with Crippen molar-refractivity contribution in [3.8, 4) is 20.0 Å². The zero-order valence-corrected chi connectivity index (χ0v) is 81.0. The molecule has 2 unspecified atom stereocenters. The molecule has 12 aromatic rings. The topological polar surface area (TPSA) is 301 Å². The summed E-state index contributed by atoms with van der Waals surface area (Å²) < 4.78 is 40.3. The van der Waals surface area contributed by atoms with Crippen LogP contribution in [0.3, 0.4) is 0 Å². The highest BCUT2D eigenvalue weighted by atomic mass is 35.5. The average molecular weight is 1890 g/mol. The Kier molecular flexibility index (Phi) is 28.2. The number of nitrogens with zero attached hydrogens (tertiary/aromatic N) is 17. The minimum Gasteiger partial charge on any atom is -0.379 e. The average Bonchev–Trinajstić information content (AvgIpc) is 1.61. The number of aryl methyl sites for hydroxylation is 8. The standard InChI is InChI=1S/C25H29ClN6O2S.2C23H26ClN5OS.C21H20ClF2N5OS/c1-15-16(2)35-25-22(15)23(18-4-6-19(26)7-5-18)28-20(24-30-29-17(3)32(24)25)14-21(33)27-8-9-31-10-12-34-13-11-31;1-12-13(2)31-21-18(12)19(15-7-9-16(24)10-8-15)26-17(11-25-22(30)23(4,5)6)20-28-27-14(3)29(20)21;1-12-13(2)31-22-19(12)20(15-7-9-16(24)10-8-15)25-17(11-18(30)26-23(4,5)6)21-28-27-14(3)29(21)22;1-10-11(2)31-19-16(10)17(13-5-7-14(22)8-6-13)26-15(9-25-20(30)21(4,23)24)18-28-27-12(3)29(18)19/h4-7,20H,8-14H2,1-3H3,(H,27,33);7-10,17H,11H2,1-6H3,(H,25,30);7-10,17H,11H2,1-6H3,(H,26,30);5-8,15H,9H2,1-4H3,(H,25,30)/t;2*17-;/m.11./s1. The van der Waals surface area contributed by atoms with E-state index < -0.39 is 35.4 Å². The number of thiophene rings is 4. The van der Waals surface area contributed by atoms with Gasteiger partial charge in [-0.05, 0) is 175 Å². The van der Waals surface area contributed by atoms with E-state index in [1.807, 2.05) is 173 Å². The number of amides is 4. The van der Waals surface area contributed by atoms with Gasteiger partial charge in [0.05, 0.1) is 48.9 Å². The number of carbonyl (C=O) groups excluding carboxylic acids is 4. The van der Waals surface area contributed by atoms with Crippen molar-refractivity contribution in [3.05, 3.63) is 250 Å². The van der Waals surface area contributed by atoms with Crippen molar-refractivity contribution in [2.75, 3.05) is 52.5 Å². The second-order valence-corrected chi connectivity index (χ2v) is 40.7. The molecule has 0 aliphatic carbocycles. The van der Waals surface area contributed by atoms with E-state index in [1.165, 1.54) is 31.3 Å². The summed E-state index contributed by atoms with van der Waals surface area (Å²) in [6, 6.07) is 28.4. The fraction of sp³-hybridized carbons (Fsp3) is 0.391. The number of fused-ring (bicyclic) bond motifs is 12. The van der Waals surface area contributed by atoms with Crippen molar-refractivity contribution < 1.29 is 32.7 Å². The molecule has 0 saturated carbocycles. The number of aliphatic imine (C=N–C) groups is 4. The molecule has 0 spiro atoms. The second-order valence-electron chi connectivity index (χ2n) is 34.2. The molecule has 1 fully saturated rings. The van der Waals surface area contributed by atoms with Crippen LogP contribution in [0.4, 0.5) is 8.78 Å². The molecule has 1 saturated heterocycles. The SMILES string of the molecule is Cc1sc2c(c1C)C(c1ccc(Cl)cc1)=NC(CC(=O)NCCN1CCOCC1)c1nnc(C)n1-2.Cc1sc2c(c1C)C(c1ccc(Cl)cc1)=NC(CNC(=O)C(C)(F)F)c1nnc(C)n1-2.Cc1sc2c(c1C)C(c1ccc(Cl)cc1)=N[C@H](CC(=O)NC(C)(C)C)c1nnc(C)n1-2.Cc1sc2c(c1C)C(c1ccc(Cl)cc1)=N[C@H](CNC(=O)C(C)(C)C)c1nnc(C)n1-2. The van der Waals surface area contributed by atoms with Crippen molar-refractivity contribution in [3.63, 3.8) is 0 Å². The van der Waals surface area contributed by atoms with Gasteiger partial charge in [0, 0.05) is 141 Å². The maximum atomic E-state index is 13.4. The third-order valence-electron chi connectivity index (χ3n) is 22.5. The van der Waals surface area contributed by atoms with Gasteiger partial charge in [0.15, 0.2) is 23.3 Å². The largest absolute Gasteiger partial charge is 0.379 e. The number of halogens is 6. The molecular formula is C92H101Cl4F2N21O5S4. The summed E-state index contributed by atoms with van der Waals surface area (Å²) in [6.45, 7) is 41.5. The third kappa shape index (κ3) is 20.2. The summed E-state index contributed by atoms with van der Waals surface area (Å²) in [5, 5.41) is 53.0. The molecule has 128 heavy (non-hydrogen) atoms. The van der Waals surface area contributed by atoms with Gasteiger partial charge in [0.2, 0.25) is 17.7 Å². The Hall–Kier alpha value is -10.3. The number of hydrogen-bond acceptors (Lipinski definition) is 22. The van der Waals surface area contributed by atoms with E-state index in [0.29, 0.717) is 69.1 Å². The zero-order valence-electron chi connectivity index (χ0n) is 74.7. The molecule has 4 aromatic carbocycles. The maximum Gasteiger partial charge on any atom is 0.321 e. The van der Waals surface area contributed by atoms with Crippen LogP contribution >= 0.6 is 91.8 Å². The van der Waals surface area contributed by atoms with Crippen molar-refractivity contribution in [2.45, 2.75) is 180 Å². The van der Waals surface area contributed by atoms with E-state index in [9.17, 15) is 28.0 Å². The molecule has 4 amide bonds. The van der Waals surface area contributed by atoms with E-state index in [0.717, 1.165) is 148 Å². The lowest BCUT2D eigenvalue weighted by Gasteiger charge is -2.26. The molecule has 36 heteroatoms. The highest BCUT2D eigenvalue weighted by Crippen LogP contribution is 2.45. The molecule has 26 nitrogen and oxygen atoms in total. The second kappa shape index (κ2) is 38.4. The lowest BCUT2D eigenvalue weighted by molar-refractivity contribution is -0.143. The van der Waals surface area contributed by atoms with Crippen molar-refractivity contribution >= 4 is 138 Å². The van der Waals surface area contributed by atoms with Gasteiger partial charge in [-0.3, -0.25) is 62.3 Å². The summed E-state index contributed by atoms with van der Waals surface area (Å²) in [6.07, 6.45) is 0.394. The maximum absolute atomic E-state index is 13.4. The van der Waals surface area contributed by atoms with Crippen molar-refractivity contribution in [2.24, 2.45) is 25.4 Å². The number of rotatable bonds is 16.